The smallest absolute Gasteiger partial charge is 0.381 e. The molecule has 10 nitrogen and oxygen atoms in total. The lowest BCUT2D eigenvalue weighted by Crippen LogP contribution is -2.48. The quantitative estimate of drug-likeness (QED) is 0.347. The number of ether oxygens (including phenoxy) is 2. The molecule has 0 amide bonds. The number of hydrogen-bond donors (Lipinski definition) is 0. The lowest BCUT2D eigenvalue weighted by molar-refractivity contribution is -0.559. The molecule has 10 heteroatoms. The lowest BCUT2D eigenvalue weighted by atomic mass is 9.94. The van der Waals surface area contributed by atoms with Crippen molar-refractivity contribution in [3.05, 3.63) is 20.2 Å². The fourth-order valence-electron chi connectivity index (χ4n) is 1.40. The molecule has 0 aromatic heterocycles. The summed E-state index contributed by atoms with van der Waals surface area (Å²) in [5.74, 6) is -4.03. The van der Waals surface area contributed by atoms with E-state index >= 15 is 0 Å². The van der Waals surface area contributed by atoms with Gasteiger partial charge in [-0.3, -0.25) is 20.2 Å². The van der Waals surface area contributed by atoms with Gasteiger partial charge in [0.25, 0.3) is 0 Å². The summed E-state index contributed by atoms with van der Waals surface area (Å²) < 4.78 is 8.37. The summed E-state index contributed by atoms with van der Waals surface area (Å²) in [5, 5.41) is 21.4. The summed E-state index contributed by atoms with van der Waals surface area (Å²) in [7, 11) is 1.82. The molecule has 2 atom stereocenters. The standard InChI is InChI=1S/C8H12N2O8/c1-4(5(9(13)14)7(11)17-2)6(10(15)16)8(12)18-3/h4-6H,1-3H3. The van der Waals surface area contributed by atoms with Crippen molar-refractivity contribution in [3.63, 3.8) is 0 Å². The van der Waals surface area contributed by atoms with Crippen molar-refractivity contribution in [2.24, 2.45) is 5.92 Å². The number of nitro groups is 2. The van der Waals surface area contributed by atoms with Gasteiger partial charge in [-0.15, -0.1) is 0 Å². The fraction of sp³-hybridized carbons (Fsp3) is 0.750. The number of esters is 2. The van der Waals surface area contributed by atoms with Gasteiger partial charge in [0.15, 0.2) is 0 Å². The molecule has 0 fully saturated rings. The van der Waals surface area contributed by atoms with Crippen molar-refractivity contribution in [2.75, 3.05) is 14.2 Å². The molecule has 0 N–H and O–H groups in total. The Kier molecular flexibility index (Phi) is 5.66. The number of carbonyl (C=O) groups is 2. The van der Waals surface area contributed by atoms with Crippen molar-refractivity contribution >= 4 is 11.9 Å². The first kappa shape index (κ1) is 15.7. The van der Waals surface area contributed by atoms with Crippen LogP contribution < -0.4 is 0 Å². The molecule has 0 rings (SSSR count). The number of rotatable bonds is 6. The van der Waals surface area contributed by atoms with Gasteiger partial charge in [-0.05, 0) is 6.92 Å². The van der Waals surface area contributed by atoms with Gasteiger partial charge >= 0.3 is 24.0 Å². The van der Waals surface area contributed by atoms with E-state index in [4.69, 9.17) is 0 Å². The summed E-state index contributed by atoms with van der Waals surface area (Å²) in [6, 6.07) is -4.02. The SMILES string of the molecule is COC(=O)C(C(C)C(C(=O)OC)[N+](=O)[O-])[N+](=O)[O-]. The van der Waals surface area contributed by atoms with Crippen LogP contribution in [0.15, 0.2) is 0 Å². The zero-order valence-electron chi connectivity index (χ0n) is 9.89. The second-order valence-electron chi connectivity index (χ2n) is 3.37. The molecule has 0 aromatic carbocycles. The first-order valence-electron chi connectivity index (χ1n) is 4.70. The van der Waals surface area contributed by atoms with E-state index in [1.807, 2.05) is 0 Å². The van der Waals surface area contributed by atoms with E-state index in [0.29, 0.717) is 0 Å². The minimum absolute atomic E-state index is 0.908. The van der Waals surface area contributed by atoms with Crippen LogP contribution in [-0.4, -0.2) is 48.1 Å². The molecule has 2 unspecified atom stereocenters. The van der Waals surface area contributed by atoms with E-state index in [1.54, 1.807) is 0 Å². The highest BCUT2D eigenvalue weighted by molar-refractivity contribution is 5.78. The zero-order chi connectivity index (χ0) is 14.5. The van der Waals surface area contributed by atoms with Gasteiger partial charge in [0.1, 0.15) is 5.92 Å². The van der Waals surface area contributed by atoms with Gasteiger partial charge in [0.2, 0.25) is 0 Å². The Morgan fingerprint density at radius 3 is 1.39 bits per heavy atom. The minimum Gasteiger partial charge on any atom is -0.464 e. The highest BCUT2D eigenvalue weighted by Crippen LogP contribution is 2.17. The van der Waals surface area contributed by atoms with Gasteiger partial charge in [0, 0.05) is 9.85 Å². The first-order valence-corrected chi connectivity index (χ1v) is 4.70. The van der Waals surface area contributed by atoms with Gasteiger partial charge in [-0.2, -0.15) is 0 Å². The molecule has 0 aliphatic carbocycles. The molecule has 18 heavy (non-hydrogen) atoms. The molecular formula is C8H12N2O8. The van der Waals surface area contributed by atoms with Crippen LogP contribution in [0.1, 0.15) is 6.92 Å². The molecule has 0 aliphatic rings. The summed E-state index contributed by atoms with van der Waals surface area (Å²) >= 11 is 0. The van der Waals surface area contributed by atoms with Crippen LogP contribution in [0.3, 0.4) is 0 Å². The topological polar surface area (TPSA) is 139 Å². The molecule has 0 saturated heterocycles. The maximum absolute atomic E-state index is 11.2. The summed E-state index contributed by atoms with van der Waals surface area (Å²) in [5.41, 5.74) is 0. The van der Waals surface area contributed by atoms with Crippen LogP contribution >= 0.6 is 0 Å². The average molecular weight is 264 g/mol. The van der Waals surface area contributed by atoms with Gasteiger partial charge < -0.3 is 9.47 Å². The van der Waals surface area contributed by atoms with E-state index in [2.05, 4.69) is 9.47 Å². The lowest BCUT2D eigenvalue weighted by Gasteiger charge is -2.16. The third-order valence-corrected chi connectivity index (χ3v) is 2.34. The van der Waals surface area contributed by atoms with Gasteiger partial charge in [-0.25, -0.2) is 9.59 Å². The molecule has 0 radical (unpaired) electrons. The molecule has 0 heterocycles. The van der Waals surface area contributed by atoms with Crippen molar-refractivity contribution in [3.8, 4) is 0 Å². The van der Waals surface area contributed by atoms with Crippen molar-refractivity contribution in [2.45, 2.75) is 19.0 Å². The highest BCUT2D eigenvalue weighted by atomic mass is 16.6. The van der Waals surface area contributed by atoms with E-state index < -0.39 is 39.8 Å². The Balaban J connectivity index is 5.32. The second kappa shape index (κ2) is 6.47. The van der Waals surface area contributed by atoms with Crippen LogP contribution in [-0.2, 0) is 19.1 Å². The second-order valence-corrected chi connectivity index (χ2v) is 3.37. The van der Waals surface area contributed by atoms with Crippen LogP contribution in [0.2, 0.25) is 0 Å². The molecular weight excluding hydrogens is 252 g/mol. The van der Waals surface area contributed by atoms with Crippen LogP contribution in [0.4, 0.5) is 0 Å². The Morgan fingerprint density at radius 2 is 1.22 bits per heavy atom. The normalized spacial score (nSPS) is 15.1. The maximum Gasteiger partial charge on any atom is 0.381 e. The zero-order valence-corrected chi connectivity index (χ0v) is 9.89. The van der Waals surface area contributed by atoms with Crippen molar-refractivity contribution in [1.29, 1.82) is 0 Å². The Hall–Kier alpha value is -2.26. The first-order chi connectivity index (χ1) is 8.27. The summed E-state index contributed by atoms with van der Waals surface area (Å²) in [6.07, 6.45) is 0. The summed E-state index contributed by atoms with van der Waals surface area (Å²) in [6.45, 7) is 1.04. The molecule has 0 saturated carbocycles. The number of hydrogen-bond acceptors (Lipinski definition) is 8. The maximum atomic E-state index is 11.2. The molecule has 0 bridgehead atoms. The Labute approximate surface area is 101 Å². The van der Waals surface area contributed by atoms with E-state index in [9.17, 15) is 29.8 Å². The average Bonchev–Trinajstić information content (AvgIpc) is 2.27. The number of carbonyl (C=O) groups excluding carboxylic acids is 2. The molecule has 0 spiro atoms. The Bertz CT molecular complexity index is 334. The highest BCUT2D eigenvalue weighted by Gasteiger charge is 2.50. The molecule has 102 valence electrons. The monoisotopic (exact) mass is 264 g/mol. The van der Waals surface area contributed by atoms with Crippen LogP contribution in [0, 0.1) is 26.1 Å². The number of methoxy groups -OCH3 is 2. The van der Waals surface area contributed by atoms with Crippen LogP contribution in [0.25, 0.3) is 0 Å². The van der Waals surface area contributed by atoms with E-state index in [0.717, 1.165) is 21.1 Å². The third kappa shape index (κ3) is 3.37. The predicted molar refractivity (Wildman–Crippen MR) is 54.8 cm³/mol. The van der Waals surface area contributed by atoms with E-state index in [1.165, 1.54) is 0 Å². The van der Waals surface area contributed by atoms with Gasteiger partial charge in [-0.1, -0.05) is 0 Å². The number of nitrogens with zero attached hydrogens (tertiary/aromatic N) is 2. The minimum atomic E-state index is -2.01. The predicted octanol–water partition coefficient (Wildman–Crippen LogP) is -0.741. The summed E-state index contributed by atoms with van der Waals surface area (Å²) in [4.78, 5) is 41.7. The van der Waals surface area contributed by atoms with Crippen LogP contribution in [0.5, 0.6) is 0 Å². The molecule has 0 aliphatic heterocycles. The van der Waals surface area contributed by atoms with E-state index in [-0.39, 0.29) is 0 Å². The Morgan fingerprint density at radius 1 is 0.944 bits per heavy atom. The van der Waals surface area contributed by atoms with Crippen molar-refractivity contribution in [1.82, 2.24) is 0 Å². The molecule has 0 aromatic rings. The third-order valence-electron chi connectivity index (χ3n) is 2.34. The fourth-order valence-corrected chi connectivity index (χ4v) is 1.40. The largest absolute Gasteiger partial charge is 0.464 e. The van der Waals surface area contributed by atoms with Gasteiger partial charge in [0.05, 0.1) is 14.2 Å². The van der Waals surface area contributed by atoms with Crippen molar-refractivity contribution < 1.29 is 28.9 Å².